The lowest BCUT2D eigenvalue weighted by Gasteiger charge is -2.30. The van der Waals surface area contributed by atoms with E-state index in [4.69, 9.17) is 9.47 Å². The SMILES string of the molecule is COc1cc(NC(=O)OCc2ccccc2)ccc1C1CCN(C)CC1. The molecule has 0 spiro atoms. The molecule has 1 amide bonds. The van der Waals surface area contributed by atoms with Gasteiger partial charge in [0.2, 0.25) is 0 Å². The zero-order valence-electron chi connectivity index (χ0n) is 15.4. The number of rotatable bonds is 5. The number of carbonyl (C=O) groups excluding carboxylic acids is 1. The predicted octanol–water partition coefficient (Wildman–Crippen LogP) is 4.25. The first kappa shape index (κ1) is 18.3. The molecule has 0 bridgehead atoms. The van der Waals surface area contributed by atoms with Crippen molar-refractivity contribution < 1.29 is 14.3 Å². The van der Waals surface area contributed by atoms with Gasteiger partial charge in [0.1, 0.15) is 12.4 Å². The molecule has 5 heteroatoms. The number of nitrogens with zero attached hydrogens (tertiary/aromatic N) is 1. The Bertz CT molecular complexity index is 725. The number of benzene rings is 2. The van der Waals surface area contributed by atoms with Crippen LogP contribution >= 0.6 is 0 Å². The molecule has 1 aliphatic heterocycles. The first-order valence-corrected chi connectivity index (χ1v) is 9.00. The van der Waals surface area contributed by atoms with Crippen LogP contribution in [-0.2, 0) is 11.3 Å². The average Bonchev–Trinajstić information content (AvgIpc) is 2.68. The Balaban J connectivity index is 1.60. The van der Waals surface area contributed by atoms with Gasteiger partial charge in [0, 0.05) is 11.8 Å². The molecular weight excluding hydrogens is 328 g/mol. The van der Waals surface area contributed by atoms with E-state index in [-0.39, 0.29) is 6.61 Å². The Kier molecular flexibility index (Phi) is 6.12. The van der Waals surface area contributed by atoms with Crippen LogP contribution in [0.4, 0.5) is 10.5 Å². The van der Waals surface area contributed by atoms with E-state index in [0.29, 0.717) is 11.6 Å². The van der Waals surface area contributed by atoms with Crippen molar-refractivity contribution in [3.63, 3.8) is 0 Å². The van der Waals surface area contributed by atoms with Gasteiger partial charge in [-0.05, 0) is 56.1 Å². The highest BCUT2D eigenvalue weighted by atomic mass is 16.5. The molecule has 138 valence electrons. The first-order chi connectivity index (χ1) is 12.7. The van der Waals surface area contributed by atoms with Crippen LogP contribution in [0.1, 0.15) is 29.9 Å². The number of hydrogen-bond donors (Lipinski definition) is 1. The number of ether oxygens (including phenoxy) is 2. The van der Waals surface area contributed by atoms with Gasteiger partial charge >= 0.3 is 6.09 Å². The standard InChI is InChI=1S/C21H26N2O3/c1-23-12-10-17(11-13-23)19-9-8-18(14-20(19)25-2)22-21(24)26-15-16-6-4-3-5-7-16/h3-9,14,17H,10-13,15H2,1-2H3,(H,22,24). The Hall–Kier alpha value is -2.53. The summed E-state index contributed by atoms with van der Waals surface area (Å²) >= 11 is 0. The summed E-state index contributed by atoms with van der Waals surface area (Å²) in [6.45, 7) is 2.44. The van der Waals surface area contributed by atoms with Crippen LogP contribution in [0, 0.1) is 0 Å². The van der Waals surface area contributed by atoms with Gasteiger partial charge in [-0.15, -0.1) is 0 Å². The lowest BCUT2D eigenvalue weighted by Crippen LogP contribution is -2.29. The maximum atomic E-state index is 12.0. The minimum absolute atomic E-state index is 0.248. The van der Waals surface area contributed by atoms with Crippen LogP contribution in [0.2, 0.25) is 0 Å². The highest BCUT2D eigenvalue weighted by Crippen LogP contribution is 2.35. The monoisotopic (exact) mass is 354 g/mol. The van der Waals surface area contributed by atoms with Gasteiger partial charge in [-0.3, -0.25) is 5.32 Å². The Labute approximate surface area is 154 Å². The second-order valence-corrected chi connectivity index (χ2v) is 6.72. The molecule has 1 aliphatic rings. The largest absolute Gasteiger partial charge is 0.496 e. The highest BCUT2D eigenvalue weighted by molar-refractivity contribution is 5.85. The molecule has 2 aromatic rings. The van der Waals surface area contributed by atoms with Gasteiger partial charge in [-0.1, -0.05) is 36.4 Å². The van der Waals surface area contributed by atoms with Crippen LogP contribution < -0.4 is 10.1 Å². The van der Waals surface area contributed by atoms with Crippen LogP contribution in [0.15, 0.2) is 48.5 Å². The van der Waals surface area contributed by atoms with Gasteiger partial charge in [0.15, 0.2) is 0 Å². The van der Waals surface area contributed by atoms with Crippen molar-refractivity contribution in [2.24, 2.45) is 0 Å². The second kappa shape index (κ2) is 8.72. The lowest BCUT2D eigenvalue weighted by molar-refractivity contribution is 0.155. The third-order valence-electron chi connectivity index (χ3n) is 4.85. The Morgan fingerprint density at radius 2 is 1.88 bits per heavy atom. The summed E-state index contributed by atoms with van der Waals surface area (Å²) in [7, 11) is 3.83. The van der Waals surface area contributed by atoms with Crippen molar-refractivity contribution in [2.45, 2.75) is 25.4 Å². The Morgan fingerprint density at radius 1 is 1.15 bits per heavy atom. The van der Waals surface area contributed by atoms with Crippen LogP contribution in [0.5, 0.6) is 5.75 Å². The van der Waals surface area contributed by atoms with Crippen LogP contribution in [-0.4, -0.2) is 38.2 Å². The third-order valence-corrected chi connectivity index (χ3v) is 4.85. The van der Waals surface area contributed by atoms with Gasteiger partial charge in [-0.2, -0.15) is 0 Å². The molecule has 1 saturated heterocycles. The molecule has 1 N–H and O–H groups in total. The summed E-state index contributed by atoms with van der Waals surface area (Å²) in [5.74, 6) is 1.32. The van der Waals surface area contributed by atoms with E-state index in [2.05, 4.69) is 23.3 Å². The predicted molar refractivity (Wildman–Crippen MR) is 103 cm³/mol. The van der Waals surface area contributed by atoms with Crippen LogP contribution in [0.3, 0.4) is 0 Å². The molecule has 0 aliphatic carbocycles. The molecule has 0 radical (unpaired) electrons. The summed E-state index contributed by atoms with van der Waals surface area (Å²) in [5.41, 5.74) is 2.85. The van der Waals surface area contributed by atoms with E-state index in [1.54, 1.807) is 7.11 Å². The molecular formula is C21H26N2O3. The minimum atomic E-state index is -0.469. The van der Waals surface area contributed by atoms with Gasteiger partial charge in [0.25, 0.3) is 0 Å². The van der Waals surface area contributed by atoms with Gasteiger partial charge < -0.3 is 14.4 Å². The quantitative estimate of drug-likeness (QED) is 0.872. The summed E-state index contributed by atoms with van der Waals surface area (Å²) in [5, 5.41) is 2.77. The van der Waals surface area contributed by atoms with Gasteiger partial charge in [-0.25, -0.2) is 4.79 Å². The maximum Gasteiger partial charge on any atom is 0.411 e. The molecule has 3 rings (SSSR count). The van der Waals surface area contributed by atoms with Crippen molar-refractivity contribution in [1.82, 2.24) is 4.90 Å². The Morgan fingerprint density at radius 3 is 2.58 bits per heavy atom. The molecule has 0 atom stereocenters. The summed E-state index contributed by atoms with van der Waals surface area (Å²) < 4.78 is 10.8. The minimum Gasteiger partial charge on any atom is -0.496 e. The molecule has 0 aromatic heterocycles. The average molecular weight is 354 g/mol. The third kappa shape index (κ3) is 4.76. The van der Waals surface area contributed by atoms with E-state index < -0.39 is 6.09 Å². The molecule has 0 saturated carbocycles. The van der Waals surface area contributed by atoms with Crippen molar-refractivity contribution in [3.05, 3.63) is 59.7 Å². The lowest BCUT2D eigenvalue weighted by atomic mass is 9.89. The highest BCUT2D eigenvalue weighted by Gasteiger charge is 2.21. The normalized spacial score (nSPS) is 15.5. The number of carbonyl (C=O) groups is 1. The van der Waals surface area contributed by atoms with E-state index in [1.165, 1.54) is 5.56 Å². The first-order valence-electron chi connectivity index (χ1n) is 9.00. The fourth-order valence-electron chi connectivity index (χ4n) is 3.32. The summed E-state index contributed by atoms with van der Waals surface area (Å²) in [4.78, 5) is 14.4. The van der Waals surface area contributed by atoms with Crippen LogP contribution in [0.25, 0.3) is 0 Å². The topological polar surface area (TPSA) is 50.8 Å². The fraction of sp³-hybridized carbons (Fsp3) is 0.381. The molecule has 1 fully saturated rings. The maximum absolute atomic E-state index is 12.0. The van der Waals surface area contributed by atoms with E-state index >= 15 is 0 Å². The number of hydrogen-bond acceptors (Lipinski definition) is 4. The number of likely N-dealkylation sites (tertiary alicyclic amines) is 1. The van der Waals surface area contributed by atoms with Crippen molar-refractivity contribution >= 4 is 11.8 Å². The van der Waals surface area contributed by atoms with Crippen molar-refractivity contribution in [2.75, 3.05) is 32.6 Å². The van der Waals surface area contributed by atoms with Crippen molar-refractivity contribution in [1.29, 1.82) is 0 Å². The smallest absolute Gasteiger partial charge is 0.411 e. The number of anilines is 1. The summed E-state index contributed by atoms with van der Waals surface area (Å²) in [6, 6.07) is 15.5. The molecule has 0 unspecified atom stereocenters. The second-order valence-electron chi connectivity index (χ2n) is 6.72. The van der Waals surface area contributed by atoms with E-state index in [9.17, 15) is 4.79 Å². The van der Waals surface area contributed by atoms with Gasteiger partial charge in [0.05, 0.1) is 7.11 Å². The number of amides is 1. The number of nitrogens with one attached hydrogen (secondary N) is 1. The zero-order valence-corrected chi connectivity index (χ0v) is 15.4. The van der Waals surface area contributed by atoms with Crippen molar-refractivity contribution in [3.8, 4) is 5.75 Å². The molecule has 1 heterocycles. The van der Waals surface area contributed by atoms with E-state index in [0.717, 1.165) is 37.2 Å². The molecule has 2 aromatic carbocycles. The molecule has 26 heavy (non-hydrogen) atoms. The summed E-state index contributed by atoms with van der Waals surface area (Å²) in [6.07, 6.45) is 1.78. The fourth-order valence-corrected chi connectivity index (χ4v) is 3.32. The number of methoxy groups -OCH3 is 1. The van der Waals surface area contributed by atoms with E-state index in [1.807, 2.05) is 42.5 Å². The molecule has 5 nitrogen and oxygen atoms in total. The zero-order chi connectivity index (χ0) is 18.4. The number of piperidine rings is 1.